The normalized spacial score (nSPS) is 15.1. The molecular weight excluding hydrogens is 442 g/mol. The van der Waals surface area contributed by atoms with Crippen molar-refractivity contribution >= 4 is 59.7 Å². The van der Waals surface area contributed by atoms with Crippen molar-refractivity contribution in [2.45, 2.75) is 32.6 Å². The van der Waals surface area contributed by atoms with E-state index < -0.39 is 0 Å². The van der Waals surface area contributed by atoms with Crippen molar-refractivity contribution in [1.82, 2.24) is 0 Å². The van der Waals surface area contributed by atoms with Gasteiger partial charge in [-0.25, -0.2) is 0 Å². The number of hydrogen-bond donors (Lipinski definition) is 0. The van der Waals surface area contributed by atoms with Crippen molar-refractivity contribution in [3.8, 4) is 0 Å². The molecule has 0 bridgehead atoms. The second-order valence-electron chi connectivity index (χ2n) is 9.65. The Hall–Kier alpha value is -3.62. The molecule has 2 heteroatoms. The van der Waals surface area contributed by atoms with Gasteiger partial charge in [-0.3, -0.25) is 0 Å². The predicted octanol–water partition coefficient (Wildman–Crippen LogP) is 9.85. The summed E-state index contributed by atoms with van der Waals surface area (Å²) in [5, 5.41) is 5.48. The SMILES string of the molecule is Cc1cccc(N(C2=CCCC=C2)c2cc3sc4c5ccccc5ccc4c3c3c2CCC=C3)c1. The smallest absolute Gasteiger partial charge is 0.0514 e. The Morgan fingerprint density at radius 3 is 2.60 bits per heavy atom. The zero-order chi connectivity index (χ0) is 23.4. The lowest BCUT2D eigenvalue weighted by Gasteiger charge is -2.31. The quantitative estimate of drug-likeness (QED) is 0.254. The summed E-state index contributed by atoms with van der Waals surface area (Å²) >= 11 is 1.94. The number of aryl methyl sites for hydroxylation is 1. The molecule has 170 valence electrons. The maximum absolute atomic E-state index is 2.50. The summed E-state index contributed by atoms with van der Waals surface area (Å²) in [6.07, 6.45) is 16.1. The van der Waals surface area contributed by atoms with Gasteiger partial charge in [-0.2, -0.15) is 0 Å². The van der Waals surface area contributed by atoms with E-state index in [9.17, 15) is 0 Å². The predicted molar refractivity (Wildman–Crippen MR) is 154 cm³/mol. The molecule has 5 aromatic rings. The molecule has 0 atom stereocenters. The van der Waals surface area contributed by atoms with E-state index in [2.05, 4.69) is 109 Å². The van der Waals surface area contributed by atoms with Crippen molar-refractivity contribution in [2.24, 2.45) is 0 Å². The van der Waals surface area contributed by atoms with E-state index in [0.717, 1.165) is 25.7 Å². The molecule has 0 unspecified atom stereocenters. The third kappa shape index (κ3) is 3.36. The number of allylic oxidation sites excluding steroid dienone is 4. The molecule has 0 spiro atoms. The molecule has 4 aromatic carbocycles. The molecule has 0 saturated carbocycles. The minimum absolute atomic E-state index is 1.07. The van der Waals surface area contributed by atoms with Crippen LogP contribution in [0, 0.1) is 6.92 Å². The van der Waals surface area contributed by atoms with E-state index in [-0.39, 0.29) is 0 Å². The lowest BCUT2D eigenvalue weighted by molar-refractivity contribution is 0.966. The second kappa shape index (κ2) is 8.25. The van der Waals surface area contributed by atoms with Gasteiger partial charge in [0.1, 0.15) is 0 Å². The van der Waals surface area contributed by atoms with Crippen LogP contribution in [0.15, 0.2) is 96.7 Å². The molecule has 0 fully saturated rings. The Morgan fingerprint density at radius 1 is 0.800 bits per heavy atom. The van der Waals surface area contributed by atoms with Crippen LogP contribution in [0.3, 0.4) is 0 Å². The van der Waals surface area contributed by atoms with Crippen molar-refractivity contribution in [3.63, 3.8) is 0 Å². The van der Waals surface area contributed by atoms with Crippen molar-refractivity contribution < 1.29 is 0 Å². The van der Waals surface area contributed by atoms with Crippen LogP contribution >= 0.6 is 11.3 Å². The van der Waals surface area contributed by atoms with Gasteiger partial charge in [0.15, 0.2) is 0 Å². The van der Waals surface area contributed by atoms with Crippen LogP contribution < -0.4 is 4.90 Å². The molecule has 2 aliphatic carbocycles. The third-order valence-corrected chi connectivity index (χ3v) is 8.54. The number of nitrogens with zero attached hydrogens (tertiary/aromatic N) is 1. The van der Waals surface area contributed by atoms with Gasteiger partial charge in [-0.15, -0.1) is 11.3 Å². The highest BCUT2D eigenvalue weighted by atomic mass is 32.1. The maximum atomic E-state index is 2.50. The van der Waals surface area contributed by atoms with Crippen molar-refractivity contribution in [2.75, 3.05) is 4.90 Å². The molecule has 0 aliphatic heterocycles. The Labute approximate surface area is 210 Å². The fraction of sp³-hybridized carbons (Fsp3) is 0.152. The number of anilines is 2. The summed E-state index contributed by atoms with van der Waals surface area (Å²) in [7, 11) is 0. The Balaban J connectivity index is 1.57. The van der Waals surface area contributed by atoms with Crippen LogP contribution in [0.2, 0.25) is 0 Å². The highest BCUT2D eigenvalue weighted by molar-refractivity contribution is 7.26. The van der Waals surface area contributed by atoms with Crippen molar-refractivity contribution in [3.05, 3.63) is 113 Å². The molecule has 35 heavy (non-hydrogen) atoms. The molecule has 0 amide bonds. The lowest BCUT2D eigenvalue weighted by atomic mass is 9.90. The fourth-order valence-electron chi connectivity index (χ4n) is 5.76. The van der Waals surface area contributed by atoms with Gasteiger partial charge >= 0.3 is 0 Å². The summed E-state index contributed by atoms with van der Waals surface area (Å²) in [6.45, 7) is 2.19. The molecule has 2 aliphatic rings. The molecule has 0 saturated heterocycles. The highest BCUT2D eigenvalue weighted by Crippen LogP contribution is 2.47. The lowest BCUT2D eigenvalue weighted by Crippen LogP contribution is -2.19. The summed E-state index contributed by atoms with van der Waals surface area (Å²) in [5.41, 5.74) is 8.01. The zero-order valence-electron chi connectivity index (χ0n) is 19.9. The van der Waals surface area contributed by atoms with Crippen LogP contribution in [0.4, 0.5) is 11.4 Å². The number of benzene rings is 4. The van der Waals surface area contributed by atoms with Gasteiger partial charge in [0, 0.05) is 31.6 Å². The van der Waals surface area contributed by atoms with E-state index in [1.54, 1.807) is 0 Å². The summed E-state index contributed by atoms with van der Waals surface area (Å²) in [5.74, 6) is 0. The average Bonchev–Trinajstić information content (AvgIpc) is 3.29. The summed E-state index contributed by atoms with van der Waals surface area (Å²) < 4.78 is 2.77. The number of hydrogen-bond acceptors (Lipinski definition) is 2. The first-order valence-corrected chi connectivity index (χ1v) is 13.4. The van der Waals surface area contributed by atoms with E-state index in [4.69, 9.17) is 0 Å². The monoisotopic (exact) mass is 469 g/mol. The van der Waals surface area contributed by atoms with E-state index in [1.807, 2.05) is 11.3 Å². The van der Waals surface area contributed by atoms with Gasteiger partial charge in [0.2, 0.25) is 0 Å². The molecule has 1 heterocycles. The zero-order valence-corrected chi connectivity index (χ0v) is 20.7. The number of thiophene rings is 1. The van der Waals surface area contributed by atoms with Gasteiger partial charge in [0.05, 0.1) is 5.69 Å². The van der Waals surface area contributed by atoms with E-state index >= 15 is 0 Å². The summed E-state index contributed by atoms with van der Waals surface area (Å²) in [4.78, 5) is 2.50. The first kappa shape index (κ1) is 20.7. The minimum Gasteiger partial charge on any atom is -0.310 e. The van der Waals surface area contributed by atoms with Gasteiger partial charge < -0.3 is 4.90 Å². The van der Waals surface area contributed by atoms with E-state index in [0.29, 0.717) is 0 Å². The molecular formula is C33H27NS. The molecule has 7 rings (SSSR count). The molecule has 1 nitrogen and oxygen atoms in total. The first-order chi connectivity index (χ1) is 17.3. The Morgan fingerprint density at radius 2 is 1.71 bits per heavy atom. The largest absolute Gasteiger partial charge is 0.310 e. The molecule has 0 radical (unpaired) electrons. The summed E-state index contributed by atoms with van der Waals surface area (Å²) in [6, 6.07) is 24.8. The van der Waals surface area contributed by atoms with Crippen molar-refractivity contribution in [1.29, 1.82) is 0 Å². The topological polar surface area (TPSA) is 3.24 Å². The van der Waals surface area contributed by atoms with Crippen LogP contribution in [-0.4, -0.2) is 0 Å². The number of fused-ring (bicyclic) bond motifs is 7. The van der Waals surface area contributed by atoms with Gasteiger partial charge in [-0.05, 0) is 84.3 Å². The molecule has 0 N–H and O–H groups in total. The maximum Gasteiger partial charge on any atom is 0.0514 e. The van der Waals surface area contributed by atoms with Crippen LogP contribution in [0.5, 0.6) is 0 Å². The second-order valence-corrected chi connectivity index (χ2v) is 10.7. The minimum atomic E-state index is 1.07. The average molecular weight is 470 g/mol. The highest BCUT2D eigenvalue weighted by Gasteiger charge is 2.24. The van der Waals surface area contributed by atoms with Crippen LogP contribution in [0.25, 0.3) is 37.0 Å². The van der Waals surface area contributed by atoms with Crippen LogP contribution in [-0.2, 0) is 6.42 Å². The first-order valence-electron chi connectivity index (χ1n) is 12.6. The number of rotatable bonds is 3. The standard InChI is InChI=1S/C33H27NS/c1-22-10-9-14-25(20-22)34(24-12-3-2-4-13-24)30-21-31-32(28-17-8-7-16-27(28)30)29-19-18-23-11-5-6-15-26(23)33(29)35-31/h3,5-6,8-15,17-21H,2,4,7,16H2,1H3. The van der Waals surface area contributed by atoms with Crippen LogP contribution in [0.1, 0.15) is 36.0 Å². The third-order valence-electron chi connectivity index (χ3n) is 7.36. The van der Waals surface area contributed by atoms with Gasteiger partial charge in [0.25, 0.3) is 0 Å². The fourth-order valence-corrected chi connectivity index (χ4v) is 7.05. The molecule has 1 aromatic heterocycles. The van der Waals surface area contributed by atoms with Gasteiger partial charge in [-0.1, -0.05) is 72.8 Å². The van der Waals surface area contributed by atoms with E-state index in [1.165, 1.54) is 64.7 Å². The Bertz CT molecular complexity index is 1710. The Kier molecular flexibility index (Phi) is 4.89.